The lowest BCUT2D eigenvalue weighted by molar-refractivity contribution is 1.46. The molecule has 0 aliphatic rings. The van der Waals surface area contributed by atoms with Gasteiger partial charge in [-0.25, -0.2) is 0 Å². The van der Waals surface area contributed by atoms with Crippen LogP contribution >= 0.6 is 0 Å². The Morgan fingerprint density at radius 3 is 2.70 bits per heavy atom. The van der Waals surface area contributed by atoms with E-state index in [1.165, 1.54) is 0 Å². The Hall–Kier alpha value is -1.22. The van der Waals surface area contributed by atoms with Gasteiger partial charge in [0.2, 0.25) is 0 Å². The van der Waals surface area contributed by atoms with Crippen LogP contribution in [0.25, 0.3) is 0 Å². The van der Waals surface area contributed by atoms with Crippen LogP contribution in [0.2, 0.25) is 0 Å². The molecule has 3 N–H and O–H groups in total. The van der Waals surface area contributed by atoms with Crippen molar-refractivity contribution in [2.75, 3.05) is 11.2 Å². The first-order valence-corrected chi connectivity index (χ1v) is 2.98. The summed E-state index contributed by atoms with van der Waals surface area (Å²) in [5, 5.41) is 10.1. The second-order valence-corrected chi connectivity index (χ2v) is 2.17. The Kier molecular flexibility index (Phi) is 1.78. The fourth-order valence-electron chi connectivity index (χ4n) is 0.739. The summed E-state index contributed by atoms with van der Waals surface area (Å²) in [7, 11) is 0. The molecule has 0 aliphatic heterocycles. The summed E-state index contributed by atoms with van der Waals surface area (Å²) in [6.45, 7) is 1.86. The summed E-state index contributed by atoms with van der Waals surface area (Å²) < 4.78 is 0. The lowest BCUT2D eigenvalue weighted by atomic mass is 10.2. The average molecular weight is 137 g/mol. The highest BCUT2D eigenvalue weighted by Gasteiger charge is 1.91. The van der Waals surface area contributed by atoms with E-state index in [2.05, 4.69) is 0 Å². The molecule has 0 aromatic heterocycles. The molecule has 10 heavy (non-hydrogen) atoms. The van der Waals surface area contributed by atoms with Crippen molar-refractivity contribution in [2.24, 2.45) is 0 Å². The van der Waals surface area contributed by atoms with Gasteiger partial charge in [-0.2, -0.15) is 0 Å². The smallest absolute Gasteiger partial charge is 0.0345 e. The molecule has 0 atom stereocenters. The van der Waals surface area contributed by atoms with Crippen LogP contribution in [0.15, 0.2) is 18.2 Å². The molecule has 0 fully saturated rings. The molecule has 0 amide bonds. The number of anilines is 2. The fourth-order valence-corrected chi connectivity index (χ4v) is 0.739. The zero-order chi connectivity index (χ0) is 7.56. The first-order chi connectivity index (χ1) is 4.74. The molecule has 0 aliphatic carbocycles. The lowest BCUT2D eigenvalue weighted by Crippen LogP contribution is -1.91. The van der Waals surface area contributed by atoms with Gasteiger partial charge in [0.25, 0.3) is 0 Å². The minimum absolute atomic E-state index is 0.548. The normalized spacial score (nSPS) is 9.40. The molecule has 0 bridgehead atoms. The summed E-state index contributed by atoms with van der Waals surface area (Å²) in [6.07, 6.45) is 0. The minimum Gasteiger partial charge on any atom is -0.761 e. The zero-order valence-corrected chi connectivity index (χ0v) is 5.72. The van der Waals surface area contributed by atoms with Crippen LogP contribution < -0.4 is 11.2 Å². The number of nitrogen functional groups attached to an aromatic ring is 1. The Morgan fingerprint density at radius 1 is 1.50 bits per heavy atom. The van der Waals surface area contributed by atoms with Crippen molar-refractivity contribution in [1.82, 2.24) is 0 Å². The molecule has 0 saturated carbocycles. The Labute approximate surface area is 59.4 Å². The second kappa shape index (κ2) is 2.58. The van der Waals surface area contributed by atoms with Crippen LogP contribution in [0.4, 0.5) is 11.4 Å². The van der Waals surface area contributed by atoms with E-state index in [1.807, 2.05) is 6.92 Å². The maximum atomic E-state index is 10.1. The topological polar surface area (TPSA) is 61.1 Å². The summed E-state index contributed by atoms with van der Waals surface area (Å²) >= 11 is 0. The van der Waals surface area contributed by atoms with Gasteiger partial charge in [-0.1, -0.05) is 0 Å². The minimum atomic E-state index is 0.548. The maximum Gasteiger partial charge on any atom is 0.0345 e. The van der Waals surface area contributed by atoms with E-state index in [4.69, 9.17) is 5.73 Å². The first-order valence-electron chi connectivity index (χ1n) is 2.98. The highest BCUT2D eigenvalue weighted by atomic mass is 16.5. The number of benzene rings is 1. The van der Waals surface area contributed by atoms with Gasteiger partial charge in [-0.05, 0) is 30.7 Å². The molecular weight excluding hydrogens is 128 g/mol. The van der Waals surface area contributed by atoms with Crippen LogP contribution in [0.5, 0.6) is 0 Å². The molecule has 3 heteroatoms. The molecular formula is C7H9N2O-. The van der Waals surface area contributed by atoms with Crippen molar-refractivity contribution in [1.29, 1.82) is 0 Å². The van der Waals surface area contributed by atoms with Gasteiger partial charge in [-0.3, -0.25) is 0 Å². The third-order valence-corrected chi connectivity index (χ3v) is 1.39. The predicted octanol–water partition coefficient (Wildman–Crippen LogP) is 1.49. The van der Waals surface area contributed by atoms with Crippen molar-refractivity contribution in [3.8, 4) is 0 Å². The molecule has 1 aromatic carbocycles. The average Bonchev–Trinajstić information content (AvgIpc) is 1.95. The number of aryl methyl sites for hydroxylation is 1. The van der Waals surface area contributed by atoms with E-state index in [0.29, 0.717) is 11.4 Å². The summed E-state index contributed by atoms with van der Waals surface area (Å²) in [5.74, 6) is 0. The number of rotatable bonds is 1. The van der Waals surface area contributed by atoms with E-state index in [9.17, 15) is 5.21 Å². The quantitative estimate of drug-likeness (QED) is 0.455. The van der Waals surface area contributed by atoms with E-state index < -0.39 is 0 Å². The van der Waals surface area contributed by atoms with Crippen molar-refractivity contribution >= 4 is 11.4 Å². The molecule has 0 saturated heterocycles. The number of hydrogen-bond acceptors (Lipinski definition) is 3. The van der Waals surface area contributed by atoms with Gasteiger partial charge in [0.1, 0.15) is 0 Å². The van der Waals surface area contributed by atoms with Gasteiger partial charge in [0, 0.05) is 11.4 Å². The van der Waals surface area contributed by atoms with E-state index in [-0.39, 0.29) is 0 Å². The number of nitrogens with two attached hydrogens (primary N) is 1. The second-order valence-electron chi connectivity index (χ2n) is 2.17. The van der Waals surface area contributed by atoms with Gasteiger partial charge in [0.15, 0.2) is 0 Å². The van der Waals surface area contributed by atoms with Gasteiger partial charge in [-0.15, -0.1) is 0 Å². The Morgan fingerprint density at radius 2 is 2.20 bits per heavy atom. The Balaban J connectivity index is 3.04. The summed E-state index contributed by atoms with van der Waals surface area (Å²) in [4.78, 5) is 0. The van der Waals surface area contributed by atoms with Crippen LogP contribution in [-0.2, 0) is 0 Å². The van der Waals surface area contributed by atoms with E-state index in [0.717, 1.165) is 5.56 Å². The van der Waals surface area contributed by atoms with Crippen LogP contribution in [0, 0.1) is 12.1 Å². The summed E-state index contributed by atoms with van der Waals surface area (Å²) in [6, 6.07) is 5.06. The lowest BCUT2D eigenvalue weighted by Gasteiger charge is -2.10. The third kappa shape index (κ3) is 1.19. The molecule has 0 heterocycles. The molecule has 0 spiro atoms. The van der Waals surface area contributed by atoms with Crippen molar-refractivity contribution in [2.45, 2.75) is 6.92 Å². The van der Waals surface area contributed by atoms with Crippen molar-refractivity contribution < 1.29 is 0 Å². The first kappa shape index (κ1) is 6.89. The summed E-state index contributed by atoms with van der Waals surface area (Å²) in [5.41, 5.74) is 9.48. The molecule has 54 valence electrons. The molecule has 0 unspecified atom stereocenters. The molecule has 1 aromatic rings. The maximum absolute atomic E-state index is 10.1. The van der Waals surface area contributed by atoms with Crippen molar-refractivity contribution in [3.63, 3.8) is 0 Å². The van der Waals surface area contributed by atoms with Crippen molar-refractivity contribution in [3.05, 3.63) is 29.0 Å². The largest absolute Gasteiger partial charge is 0.761 e. The zero-order valence-electron chi connectivity index (χ0n) is 5.72. The number of hydrogen-bond donors (Lipinski definition) is 2. The monoisotopic (exact) mass is 137 g/mol. The third-order valence-electron chi connectivity index (χ3n) is 1.39. The van der Waals surface area contributed by atoms with E-state index >= 15 is 0 Å². The SMILES string of the molecule is Cc1cc(N[O-])ccc1N. The van der Waals surface area contributed by atoms with Gasteiger partial charge >= 0.3 is 0 Å². The molecule has 1 rings (SSSR count). The van der Waals surface area contributed by atoms with Crippen LogP contribution in [0.3, 0.4) is 0 Å². The Bertz CT molecular complexity index is 235. The highest BCUT2D eigenvalue weighted by Crippen LogP contribution is 2.15. The molecule has 3 nitrogen and oxygen atoms in total. The highest BCUT2D eigenvalue weighted by molar-refractivity contribution is 5.56. The number of nitrogens with one attached hydrogen (secondary N) is 1. The van der Waals surface area contributed by atoms with E-state index in [1.54, 1.807) is 23.7 Å². The van der Waals surface area contributed by atoms with Crippen LogP contribution in [-0.4, -0.2) is 0 Å². The standard InChI is InChI=1S/C7H9N2O/c1-5-4-6(9-10)2-3-7(5)8/h2-4,9H,8H2,1H3/q-1. The molecule has 0 radical (unpaired) electrons. The fraction of sp³-hybridized carbons (Fsp3) is 0.143. The van der Waals surface area contributed by atoms with Gasteiger partial charge < -0.3 is 16.4 Å². The van der Waals surface area contributed by atoms with Gasteiger partial charge in [0.05, 0.1) is 0 Å². The van der Waals surface area contributed by atoms with Crippen LogP contribution in [0.1, 0.15) is 5.56 Å². The predicted molar refractivity (Wildman–Crippen MR) is 42.6 cm³/mol.